The van der Waals surface area contributed by atoms with Crippen molar-refractivity contribution >= 4 is 34.8 Å². The summed E-state index contributed by atoms with van der Waals surface area (Å²) in [7, 11) is 0. The molecule has 18 heavy (non-hydrogen) atoms. The van der Waals surface area contributed by atoms with Crippen LogP contribution in [0.5, 0.6) is 0 Å². The van der Waals surface area contributed by atoms with E-state index in [1.54, 1.807) is 6.07 Å². The number of halogens is 2. The number of nitrogens with two attached hydrogens (primary N) is 1. The quantitative estimate of drug-likeness (QED) is 0.846. The molecule has 0 unspecified atom stereocenters. The Balaban J connectivity index is 3.16. The molecule has 0 aliphatic rings. The van der Waals surface area contributed by atoms with E-state index in [-0.39, 0.29) is 18.5 Å². The second-order valence-corrected chi connectivity index (χ2v) is 4.86. The topological polar surface area (TPSA) is 62.4 Å². The zero-order valence-corrected chi connectivity index (χ0v) is 12.2. The van der Waals surface area contributed by atoms with Crippen molar-refractivity contribution in [1.29, 1.82) is 0 Å². The minimum Gasteiger partial charge on any atom is -0.395 e. The van der Waals surface area contributed by atoms with Gasteiger partial charge in [-0.1, -0.05) is 37.0 Å². The molecule has 4 nitrogen and oxygen atoms in total. The normalized spacial score (nSPS) is 11.0. The molecule has 0 aliphatic heterocycles. The first-order valence-corrected chi connectivity index (χ1v) is 6.79. The van der Waals surface area contributed by atoms with Gasteiger partial charge < -0.3 is 15.7 Å². The maximum Gasteiger partial charge on any atom is 0.150 e. The number of aliphatic hydroxyl groups excluding tert-OH is 1. The van der Waals surface area contributed by atoms with Crippen molar-refractivity contribution in [2.75, 3.05) is 23.8 Å². The number of rotatable bonds is 6. The first-order valence-electron chi connectivity index (χ1n) is 6.04. The summed E-state index contributed by atoms with van der Waals surface area (Å²) in [6.07, 6.45) is 1.88. The molecule has 0 atom stereocenters. The minimum atomic E-state index is 0.0387. The van der Waals surface area contributed by atoms with E-state index >= 15 is 0 Å². The van der Waals surface area contributed by atoms with Crippen LogP contribution in [-0.4, -0.2) is 29.3 Å². The summed E-state index contributed by atoms with van der Waals surface area (Å²) in [6.45, 7) is 4.69. The summed E-state index contributed by atoms with van der Waals surface area (Å²) >= 11 is 12.0. The van der Waals surface area contributed by atoms with Gasteiger partial charge in [0.05, 0.1) is 16.7 Å². The van der Waals surface area contributed by atoms with Crippen molar-refractivity contribution in [1.82, 2.24) is 4.98 Å². The van der Waals surface area contributed by atoms with E-state index < -0.39 is 0 Å². The van der Waals surface area contributed by atoms with Crippen molar-refractivity contribution < 1.29 is 5.11 Å². The molecule has 102 valence electrons. The fourth-order valence-electron chi connectivity index (χ4n) is 1.97. The monoisotopic (exact) mass is 291 g/mol. The Bertz CT molecular complexity index is 397. The smallest absolute Gasteiger partial charge is 0.150 e. The predicted molar refractivity (Wildman–Crippen MR) is 77.5 cm³/mol. The Kier molecular flexibility index (Phi) is 5.99. The van der Waals surface area contributed by atoms with Crippen LogP contribution in [0.15, 0.2) is 6.07 Å². The Labute approximate surface area is 118 Å². The highest BCUT2D eigenvalue weighted by molar-refractivity contribution is 6.37. The SMILES string of the molecule is CCC(CC)N(CCO)c1nc(N)c(Cl)cc1Cl. The van der Waals surface area contributed by atoms with E-state index in [0.29, 0.717) is 22.4 Å². The molecular formula is C12H19Cl2N3O. The highest BCUT2D eigenvalue weighted by Crippen LogP contribution is 2.31. The molecule has 0 aromatic carbocycles. The van der Waals surface area contributed by atoms with Crippen LogP contribution >= 0.6 is 23.2 Å². The second kappa shape index (κ2) is 7.02. The van der Waals surface area contributed by atoms with Crippen LogP contribution in [-0.2, 0) is 0 Å². The van der Waals surface area contributed by atoms with Crippen LogP contribution in [0.25, 0.3) is 0 Å². The summed E-state index contributed by atoms with van der Waals surface area (Å²) in [6, 6.07) is 1.86. The van der Waals surface area contributed by atoms with Gasteiger partial charge in [-0.2, -0.15) is 0 Å². The van der Waals surface area contributed by atoms with Crippen LogP contribution in [0.1, 0.15) is 26.7 Å². The van der Waals surface area contributed by atoms with Gasteiger partial charge in [0.15, 0.2) is 0 Å². The molecule has 0 saturated heterocycles. The molecule has 6 heteroatoms. The van der Waals surface area contributed by atoms with E-state index in [9.17, 15) is 5.11 Å². The molecule has 0 saturated carbocycles. The van der Waals surface area contributed by atoms with E-state index in [1.807, 2.05) is 4.90 Å². The van der Waals surface area contributed by atoms with Crippen LogP contribution < -0.4 is 10.6 Å². The lowest BCUT2D eigenvalue weighted by Crippen LogP contribution is -2.37. The molecule has 0 spiro atoms. The molecule has 0 fully saturated rings. The summed E-state index contributed by atoms with van der Waals surface area (Å²) in [5.41, 5.74) is 5.72. The maximum absolute atomic E-state index is 9.18. The average molecular weight is 292 g/mol. The predicted octanol–water partition coefficient (Wildman–Crippen LogP) is 2.96. The van der Waals surface area contributed by atoms with Gasteiger partial charge in [-0.25, -0.2) is 4.98 Å². The molecule has 1 aromatic rings. The first-order chi connectivity index (χ1) is 8.54. The first kappa shape index (κ1) is 15.3. The standard InChI is InChI=1S/C12H19Cl2N3O/c1-3-8(4-2)17(5-6-18)12-10(14)7-9(13)11(15)16-12/h7-8,18H,3-6H2,1-2H3,(H2,15,16). The van der Waals surface area contributed by atoms with Crippen LogP contribution in [0.2, 0.25) is 10.0 Å². The number of anilines is 2. The van der Waals surface area contributed by atoms with Crippen molar-refractivity contribution in [3.05, 3.63) is 16.1 Å². The Morgan fingerprint density at radius 2 is 1.94 bits per heavy atom. The van der Waals surface area contributed by atoms with Gasteiger partial charge in [0, 0.05) is 12.6 Å². The Hall–Kier alpha value is -0.710. The summed E-state index contributed by atoms with van der Waals surface area (Å²) in [5, 5.41) is 9.98. The molecule has 0 aliphatic carbocycles. The van der Waals surface area contributed by atoms with Gasteiger partial charge in [0.25, 0.3) is 0 Å². The van der Waals surface area contributed by atoms with Crippen LogP contribution in [0, 0.1) is 0 Å². The lowest BCUT2D eigenvalue weighted by atomic mass is 10.1. The zero-order chi connectivity index (χ0) is 13.7. The molecule has 1 rings (SSSR count). The minimum absolute atomic E-state index is 0.0387. The lowest BCUT2D eigenvalue weighted by Gasteiger charge is -2.31. The third kappa shape index (κ3) is 3.40. The summed E-state index contributed by atoms with van der Waals surface area (Å²) in [4.78, 5) is 6.22. The van der Waals surface area contributed by atoms with Gasteiger partial charge in [0.1, 0.15) is 11.6 Å². The van der Waals surface area contributed by atoms with Gasteiger partial charge in [0.2, 0.25) is 0 Å². The van der Waals surface area contributed by atoms with Crippen molar-refractivity contribution in [2.45, 2.75) is 32.7 Å². The third-order valence-electron chi connectivity index (χ3n) is 2.93. The van der Waals surface area contributed by atoms with Gasteiger partial charge in [-0.05, 0) is 18.9 Å². The summed E-state index contributed by atoms with van der Waals surface area (Å²) in [5.74, 6) is 0.839. The number of aliphatic hydroxyl groups is 1. The van der Waals surface area contributed by atoms with Crippen LogP contribution in [0.3, 0.4) is 0 Å². The molecular weight excluding hydrogens is 273 g/mol. The number of hydrogen-bond acceptors (Lipinski definition) is 4. The largest absolute Gasteiger partial charge is 0.395 e. The van der Waals surface area contributed by atoms with E-state index in [0.717, 1.165) is 12.8 Å². The number of hydrogen-bond donors (Lipinski definition) is 2. The average Bonchev–Trinajstić information content (AvgIpc) is 2.34. The number of nitrogens with zero attached hydrogens (tertiary/aromatic N) is 2. The Morgan fingerprint density at radius 1 is 1.33 bits per heavy atom. The molecule has 0 radical (unpaired) electrons. The highest BCUT2D eigenvalue weighted by atomic mass is 35.5. The van der Waals surface area contributed by atoms with E-state index in [4.69, 9.17) is 28.9 Å². The summed E-state index contributed by atoms with van der Waals surface area (Å²) < 4.78 is 0. The van der Waals surface area contributed by atoms with Gasteiger partial charge >= 0.3 is 0 Å². The maximum atomic E-state index is 9.18. The lowest BCUT2D eigenvalue weighted by molar-refractivity contribution is 0.295. The fraction of sp³-hybridized carbons (Fsp3) is 0.583. The highest BCUT2D eigenvalue weighted by Gasteiger charge is 2.20. The van der Waals surface area contributed by atoms with E-state index in [2.05, 4.69) is 18.8 Å². The molecule has 3 N–H and O–H groups in total. The zero-order valence-electron chi connectivity index (χ0n) is 10.7. The molecule has 1 heterocycles. The number of pyridine rings is 1. The van der Waals surface area contributed by atoms with Crippen molar-refractivity contribution in [2.24, 2.45) is 0 Å². The van der Waals surface area contributed by atoms with Gasteiger partial charge in [-0.3, -0.25) is 0 Å². The molecule has 1 aromatic heterocycles. The molecule has 0 bridgehead atoms. The van der Waals surface area contributed by atoms with Crippen molar-refractivity contribution in [3.63, 3.8) is 0 Å². The van der Waals surface area contributed by atoms with Crippen molar-refractivity contribution in [3.8, 4) is 0 Å². The second-order valence-electron chi connectivity index (χ2n) is 4.05. The molecule has 0 amide bonds. The number of nitrogen functional groups attached to an aromatic ring is 1. The van der Waals surface area contributed by atoms with Gasteiger partial charge in [-0.15, -0.1) is 0 Å². The third-order valence-corrected chi connectivity index (χ3v) is 3.52. The fourth-order valence-corrected chi connectivity index (χ4v) is 2.44. The van der Waals surface area contributed by atoms with E-state index in [1.165, 1.54) is 0 Å². The number of aromatic nitrogens is 1. The Morgan fingerprint density at radius 3 is 2.44 bits per heavy atom. The van der Waals surface area contributed by atoms with Crippen LogP contribution in [0.4, 0.5) is 11.6 Å².